The molecule has 6 nitrogen and oxygen atoms in total. The number of amides is 2. The molecule has 0 saturated carbocycles. The van der Waals surface area contributed by atoms with Crippen molar-refractivity contribution in [3.05, 3.63) is 117 Å². The first-order chi connectivity index (χ1) is 16.6. The molecule has 0 spiro atoms. The second-order valence-corrected chi connectivity index (χ2v) is 8.55. The lowest BCUT2D eigenvalue weighted by molar-refractivity contribution is 0.0956. The minimum atomic E-state index is -0.437. The molecule has 0 aliphatic carbocycles. The van der Waals surface area contributed by atoms with Crippen molar-refractivity contribution in [2.45, 2.75) is 6.61 Å². The molecular formula is C26H20ClN3O3S. The number of hydrogen-bond donors (Lipinski definition) is 2. The molecule has 0 aliphatic heterocycles. The van der Waals surface area contributed by atoms with Crippen molar-refractivity contribution in [1.29, 1.82) is 0 Å². The van der Waals surface area contributed by atoms with Crippen molar-refractivity contribution >= 4 is 46.7 Å². The number of hydrazone groups is 1. The van der Waals surface area contributed by atoms with E-state index in [4.69, 9.17) is 16.3 Å². The van der Waals surface area contributed by atoms with Crippen molar-refractivity contribution in [2.24, 2.45) is 5.10 Å². The van der Waals surface area contributed by atoms with Gasteiger partial charge in [-0.3, -0.25) is 9.59 Å². The molecule has 170 valence electrons. The van der Waals surface area contributed by atoms with E-state index < -0.39 is 5.91 Å². The summed E-state index contributed by atoms with van der Waals surface area (Å²) in [6.07, 6.45) is 1.53. The summed E-state index contributed by atoms with van der Waals surface area (Å²) in [4.78, 5) is 25.6. The van der Waals surface area contributed by atoms with Gasteiger partial charge in [0.1, 0.15) is 12.4 Å². The first-order valence-electron chi connectivity index (χ1n) is 10.3. The van der Waals surface area contributed by atoms with Crippen LogP contribution >= 0.6 is 22.9 Å². The van der Waals surface area contributed by atoms with Gasteiger partial charge >= 0.3 is 0 Å². The Bertz CT molecular complexity index is 1310. The van der Waals surface area contributed by atoms with Crippen molar-refractivity contribution in [1.82, 2.24) is 5.43 Å². The molecule has 2 amide bonds. The van der Waals surface area contributed by atoms with Crippen molar-refractivity contribution in [2.75, 3.05) is 5.32 Å². The number of para-hydroxylation sites is 1. The average Bonchev–Trinajstić information content (AvgIpc) is 3.40. The highest BCUT2D eigenvalue weighted by Gasteiger charge is 2.14. The van der Waals surface area contributed by atoms with E-state index in [9.17, 15) is 9.59 Å². The Hall–Kier alpha value is -3.94. The fourth-order valence-corrected chi connectivity index (χ4v) is 3.78. The molecule has 0 saturated heterocycles. The first kappa shape index (κ1) is 23.2. The largest absolute Gasteiger partial charge is 0.489 e. The van der Waals surface area contributed by atoms with Crippen LogP contribution in [0.2, 0.25) is 5.02 Å². The third-order valence-corrected chi connectivity index (χ3v) is 5.84. The normalized spacial score (nSPS) is 10.7. The van der Waals surface area contributed by atoms with Crippen LogP contribution < -0.4 is 15.5 Å². The topological polar surface area (TPSA) is 79.8 Å². The Morgan fingerprint density at radius 1 is 0.941 bits per heavy atom. The van der Waals surface area contributed by atoms with Gasteiger partial charge in [-0.1, -0.05) is 54.1 Å². The van der Waals surface area contributed by atoms with E-state index in [0.717, 1.165) is 11.1 Å². The fraction of sp³-hybridized carbons (Fsp3) is 0.0385. The molecule has 4 aromatic rings. The number of nitrogens with one attached hydrogen (secondary N) is 2. The Labute approximate surface area is 205 Å². The molecule has 0 bridgehead atoms. The zero-order chi connectivity index (χ0) is 23.8. The lowest BCUT2D eigenvalue weighted by atomic mass is 10.1. The molecule has 0 radical (unpaired) electrons. The molecule has 2 N–H and O–H groups in total. The summed E-state index contributed by atoms with van der Waals surface area (Å²) in [6.45, 7) is 0.405. The fourth-order valence-electron chi connectivity index (χ4n) is 3.04. The number of thiophene rings is 1. The van der Waals surface area contributed by atoms with Crippen LogP contribution in [0.5, 0.6) is 5.75 Å². The smallest absolute Gasteiger partial charge is 0.273 e. The summed E-state index contributed by atoms with van der Waals surface area (Å²) in [5, 5.41) is 9.32. The summed E-state index contributed by atoms with van der Waals surface area (Å²) < 4.78 is 5.82. The number of rotatable bonds is 8. The number of carbonyl (C=O) groups is 2. The van der Waals surface area contributed by atoms with E-state index in [-0.39, 0.29) is 5.91 Å². The summed E-state index contributed by atoms with van der Waals surface area (Å²) >= 11 is 7.24. The van der Waals surface area contributed by atoms with Crippen LogP contribution in [0.3, 0.4) is 0 Å². The Morgan fingerprint density at radius 3 is 2.56 bits per heavy atom. The quantitative estimate of drug-likeness (QED) is 0.235. The summed E-state index contributed by atoms with van der Waals surface area (Å²) in [7, 11) is 0. The lowest BCUT2D eigenvalue weighted by Crippen LogP contribution is -2.21. The van der Waals surface area contributed by atoms with Gasteiger partial charge in [-0.15, -0.1) is 11.3 Å². The van der Waals surface area contributed by atoms with E-state index >= 15 is 0 Å². The van der Waals surface area contributed by atoms with Crippen molar-refractivity contribution in [3.8, 4) is 5.75 Å². The number of hydrogen-bond acceptors (Lipinski definition) is 5. The second-order valence-electron chi connectivity index (χ2n) is 7.16. The molecule has 4 rings (SSSR count). The average molecular weight is 490 g/mol. The minimum absolute atomic E-state index is 0.269. The number of halogens is 1. The van der Waals surface area contributed by atoms with Crippen LogP contribution in [-0.4, -0.2) is 18.0 Å². The van der Waals surface area contributed by atoms with E-state index in [1.54, 1.807) is 36.4 Å². The number of carbonyl (C=O) groups excluding carboxylic acids is 2. The number of benzene rings is 3. The lowest BCUT2D eigenvalue weighted by Gasteiger charge is -2.09. The molecule has 0 unspecified atom stereocenters. The van der Waals surface area contributed by atoms with Crippen LogP contribution in [0.15, 0.2) is 95.4 Å². The second kappa shape index (κ2) is 11.3. The Kier molecular flexibility index (Phi) is 7.70. The van der Waals surface area contributed by atoms with Gasteiger partial charge in [0.15, 0.2) is 0 Å². The van der Waals surface area contributed by atoms with Gasteiger partial charge in [-0.2, -0.15) is 5.10 Å². The van der Waals surface area contributed by atoms with Crippen LogP contribution in [0, 0.1) is 0 Å². The molecule has 1 heterocycles. The van der Waals surface area contributed by atoms with Gasteiger partial charge in [0.2, 0.25) is 0 Å². The van der Waals surface area contributed by atoms with Gasteiger partial charge in [-0.05, 0) is 59.0 Å². The van der Waals surface area contributed by atoms with Crippen molar-refractivity contribution < 1.29 is 14.3 Å². The molecule has 1 aromatic heterocycles. The van der Waals surface area contributed by atoms with Crippen LogP contribution in [0.1, 0.15) is 31.2 Å². The highest BCUT2D eigenvalue weighted by molar-refractivity contribution is 7.12. The molecule has 0 atom stereocenters. The number of anilines is 1. The van der Waals surface area contributed by atoms with Gasteiger partial charge in [0, 0.05) is 5.02 Å². The van der Waals surface area contributed by atoms with E-state index in [2.05, 4.69) is 15.8 Å². The first-order valence-corrected chi connectivity index (χ1v) is 11.6. The third kappa shape index (κ3) is 6.31. The molecule has 8 heteroatoms. The monoisotopic (exact) mass is 489 g/mol. The zero-order valence-corrected chi connectivity index (χ0v) is 19.5. The SMILES string of the molecule is O=C(Nc1ccccc1C(=O)N/N=C\c1cccc(OCc2ccc(Cl)cc2)c1)c1cccs1. The van der Waals surface area contributed by atoms with E-state index in [1.807, 2.05) is 53.9 Å². The Morgan fingerprint density at radius 2 is 1.76 bits per heavy atom. The molecule has 0 aliphatic rings. The third-order valence-electron chi connectivity index (χ3n) is 4.72. The molecular weight excluding hydrogens is 470 g/mol. The number of ether oxygens (including phenoxy) is 1. The molecule has 34 heavy (non-hydrogen) atoms. The standard InChI is InChI=1S/C26H20ClN3O3S/c27-20-12-10-18(11-13-20)17-33-21-6-3-5-19(15-21)16-28-30-25(31)22-7-1-2-8-23(22)29-26(32)24-9-4-14-34-24/h1-16H,17H2,(H,29,32)(H,30,31)/b28-16-. The van der Waals surface area contributed by atoms with Crippen LogP contribution in [0.25, 0.3) is 0 Å². The predicted octanol–water partition coefficient (Wildman–Crippen LogP) is 6.00. The molecule has 3 aromatic carbocycles. The summed E-state index contributed by atoms with van der Waals surface area (Å²) in [6, 6.07) is 25.1. The van der Waals surface area contributed by atoms with Gasteiger partial charge < -0.3 is 10.1 Å². The minimum Gasteiger partial charge on any atom is -0.489 e. The van der Waals surface area contributed by atoms with Crippen molar-refractivity contribution in [3.63, 3.8) is 0 Å². The van der Waals surface area contributed by atoms with Gasteiger partial charge in [-0.25, -0.2) is 5.43 Å². The Balaban J connectivity index is 1.36. The maximum atomic E-state index is 12.7. The van der Waals surface area contributed by atoms with Gasteiger partial charge in [0.25, 0.3) is 11.8 Å². The summed E-state index contributed by atoms with van der Waals surface area (Å²) in [5.74, 6) is -0.0329. The van der Waals surface area contributed by atoms with Crippen LogP contribution in [-0.2, 0) is 6.61 Å². The van der Waals surface area contributed by atoms with Crippen LogP contribution in [0.4, 0.5) is 5.69 Å². The molecule has 0 fully saturated rings. The number of nitrogens with zero attached hydrogens (tertiary/aromatic N) is 1. The maximum absolute atomic E-state index is 12.7. The van der Waals surface area contributed by atoms with Gasteiger partial charge in [0.05, 0.1) is 22.3 Å². The van der Waals surface area contributed by atoms with E-state index in [1.165, 1.54) is 17.6 Å². The predicted molar refractivity (Wildman–Crippen MR) is 136 cm³/mol. The summed E-state index contributed by atoms with van der Waals surface area (Å²) in [5.41, 5.74) is 4.98. The maximum Gasteiger partial charge on any atom is 0.273 e. The van der Waals surface area contributed by atoms with E-state index in [0.29, 0.717) is 33.5 Å². The highest BCUT2D eigenvalue weighted by Crippen LogP contribution is 2.18. The zero-order valence-electron chi connectivity index (χ0n) is 17.9. The highest BCUT2D eigenvalue weighted by atomic mass is 35.5.